The van der Waals surface area contributed by atoms with Gasteiger partial charge in [0.05, 0.1) is 6.20 Å². The molecule has 4 aromatic rings. The van der Waals surface area contributed by atoms with Crippen LogP contribution < -0.4 is 10.6 Å². The van der Waals surface area contributed by atoms with E-state index in [9.17, 15) is 4.79 Å². The van der Waals surface area contributed by atoms with Crippen LogP contribution in [0.3, 0.4) is 0 Å². The number of hydrogen-bond donors (Lipinski definition) is 2. The summed E-state index contributed by atoms with van der Waals surface area (Å²) in [5.74, 6) is 0.438. The Balaban J connectivity index is 1.52. The van der Waals surface area contributed by atoms with Crippen molar-refractivity contribution in [2.75, 3.05) is 10.6 Å². The van der Waals surface area contributed by atoms with Crippen molar-refractivity contribution >= 4 is 39.2 Å². The number of anilines is 3. The van der Waals surface area contributed by atoms with Crippen LogP contribution in [0.4, 0.5) is 17.4 Å². The van der Waals surface area contributed by atoms with Crippen LogP contribution in [0.5, 0.6) is 0 Å². The number of oxazole rings is 1. The fourth-order valence-corrected chi connectivity index (χ4v) is 3.16. The molecule has 144 valence electrons. The van der Waals surface area contributed by atoms with Crippen molar-refractivity contribution in [2.45, 2.75) is 6.92 Å². The quantitative estimate of drug-likeness (QED) is 0.402. The van der Waals surface area contributed by atoms with Crippen LogP contribution in [0.2, 0.25) is 0 Å². The van der Waals surface area contributed by atoms with Crippen molar-refractivity contribution < 1.29 is 9.21 Å². The second kappa shape index (κ2) is 8.28. The Morgan fingerprint density at radius 2 is 1.97 bits per heavy atom. The summed E-state index contributed by atoms with van der Waals surface area (Å²) in [6.07, 6.45) is 5.07. The molecule has 0 saturated heterocycles. The topological polar surface area (TPSA) is 80.0 Å². The molecule has 0 saturated carbocycles. The number of carbonyl (C=O) groups excluding carboxylic acids is 1. The monoisotopic (exact) mass is 448 g/mol. The molecule has 0 aliphatic carbocycles. The summed E-state index contributed by atoms with van der Waals surface area (Å²) in [5.41, 5.74) is 3.87. The van der Waals surface area contributed by atoms with E-state index in [-0.39, 0.29) is 5.91 Å². The maximum Gasteiger partial charge on any atom is 0.299 e. The molecule has 0 unspecified atom stereocenters. The van der Waals surface area contributed by atoms with Gasteiger partial charge >= 0.3 is 0 Å². The Labute approximate surface area is 176 Å². The zero-order valence-electron chi connectivity index (χ0n) is 15.5. The Morgan fingerprint density at radius 1 is 1.07 bits per heavy atom. The molecule has 2 heterocycles. The summed E-state index contributed by atoms with van der Waals surface area (Å²) >= 11 is 3.38. The first kappa shape index (κ1) is 18.9. The first-order chi connectivity index (χ1) is 14.1. The smallest absolute Gasteiger partial charge is 0.299 e. The highest BCUT2D eigenvalue weighted by molar-refractivity contribution is 9.10. The number of hydrogen-bond acceptors (Lipinski definition) is 5. The van der Waals surface area contributed by atoms with Gasteiger partial charge < -0.3 is 15.1 Å². The standard InChI is InChI=1S/C22H17BrN4O2/c1-14-7-8-18(26-21(28)15-4-2-6-17(23)10-15)11-19(14)27-22-25-13-20(29-22)16-5-3-9-24-12-16/h2-13H,1H3,(H,25,27)(H,26,28). The maximum atomic E-state index is 12.5. The highest BCUT2D eigenvalue weighted by Gasteiger charge is 2.11. The number of halogens is 1. The molecule has 0 radical (unpaired) electrons. The average molecular weight is 449 g/mol. The number of nitrogens with zero attached hydrogens (tertiary/aromatic N) is 2. The highest BCUT2D eigenvalue weighted by Crippen LogP contribution is 2.27. The molecular weight excluding hydrogens is 432 g/mol. The molecule has 7 heteroatoms. The Hall–Kier alpha value is -3.45. The van der Waals surface area contributed by atoms with Gasteiger partial charge in [0, 0.05) is 39.4 Å². The van der Waals surface area contributed by atoms with Crippen LogP contribution in [0.1, 0.15) is 15.9 Å². The number of aromatic nitrogens is 2. The van der Waals surface area contributed by atoms with Crippen molar-refractivity contribution in [1.29, 1.82) is 0 Å². The molecule has 4 rings (SSSR count). The summed E-state index contributed by atoms with van der Waals surface area (Å²) in [4.78, 5) is 20.9. The maximum absolute atomic E-state index is 12.5. The van der Waals surface area contributed by atoms with Gasteiger partial charge in [-0.25, -0.2) is 4.98 Å². The van der Waals surface area contributed by atoms with Crippen LogP contribution in [-0.4, -0.2) is 15.9 Å². The van der Waals surface area contributed by atoms with E-state index in [4.69, 9.17) is 4.42 Å². The predicted octanol–water partition coefficient (Wildman–Crippen LogP) is 5.80. The molecule has 0 fully saturated rings. The SMILES string of the molecule is Cc1ccc(NC(=O)c2cccc(Br)c2)cc1Nc1ncc(-c2cccnc2)o1. The lowest BCUT2D eigenvalue weighted by Gasteiger charge is -2.10. The second-order valence-corrected chi connectivity index (χ2v) is 7.31. The Bertz CT molecular complexity index is 1160. The first-order valence-electron chi connectivity index (χ1n) is 8.89. The predicted molar refractivity (Wildman–Crippen MR) is 116 cm³/mol. The molecule has 1 amide bonds. The zero-order chi connectivity index (χ0) is 20.2. The minimum absolute atomic E-state index is 0.184. The summed E-state index contributed by atoms with van der Waals surface area (Å²) in [7, 11) is 0. The first-order valence-corrected chi connectivity index (χ1v) is 9.68. The molecule has 0 aliphatic heterocycles. The van der Waals surface area contributed by atoms with Crippen LogP contribution in [0, 0.1) is 6.92 Å². The minimum atomic E-state index is -0.184. The second-order valence-electron chi connectivity index (χ2n) is 6.39. The normalized spacial score (nSPS) is 10.6. The van der Waals surface area contributed by atoms with Gasteiger partial charge in [0.2, 0.25) is 0 Å². The Morgan fingerprint density at radius 3 is 2.76 bits per heavy atom. The largest absolute Gasteiger partial charge is 0.423 e. The lowest BCUT2D eigenvalue weighted by atomic mass is 10.1. The van der Waals surface area contributed by atoms with Crippen LogP contribution in [0.25, 0.3) is 11.3 Å². The van der Waals surface area contributed by atoms with E-state index < -0.39 is 0 Å². The number of rotatable bonds is 5. The van der Waals surface area contributed by atoms with Crippen LogP contribution in [-0.2, 0) is 0 Å². The van der Waals surface area contributed by atoms with Gasteiger partial charge in [-0.15, -0.1) is 0 Å². The molecule has 0 aliphatic rings. The molecule has 0 bridgehead atoms. The van der Waals surface area contributed by atoms with Gasteiger partial charge in [-0.1, -0.05) is 28.1 Å². The molecule has 29 heavy (non-hydrogen) atoms. The number of benzene rings is 2. The Kier molecular flexibility index (Phi) is 5.39. The van der Waals surface area contributed by atoms with Gasteiger partial charge in [0.15, 0.2) is 5.76 Å². The van der Waals surface area contributed by atoms with Crippen molar-refractivity contribution in [3.63, 3.8) is 0 Å². The summed E-state index contributed by atoms with van der Waals surface area (Å²) in [5, 5.41) is 6.08. The number of carbonyl (C=O) groups is 1. The number of amides is 1. The lowest BCUT2D eigenvalue weighted by Crippen LogP contribution is -2.12. The molecule has 6 nitrogen and oxygen atoms in total. The number of aryl methyl sites for hydroxylation is 1. The third-order valence-corrected chi connectivity index (χ3v) is 4.77. The lowest BCUT2D eigenvalue weighted by molar-refractivity contribution is 0.102. The number of pyridine rings is 1. The summed E-state index contributed by atoms with van der Waals surface area (Å²) in [6, 6.07) is 17.0. The van der Waals surface area contributed by atoms with Crippen LogP contribution >= 0.6 is 15.9 Å². The molecule has 2 aromatic heterocycles. The van der Waals surface area contributed by atoms with Gasteiger partial charge in [0.1, 0.15) is 0 Å². The van der Waals surface area contributed by atoms with E-state index in [1.54, 1.807) is 30.7 Å². The fourth-order valence-electron chi connectivity index (χ4n) is 2.76. The third-order valence-electron chi connectivity index (χ3n) is 4.28. The molecule has 0 spiro atoms. The summed E-state index contributed by atoms with van der Waals surface area (Å²) < 4.78 is 6.63. The van der Waals surface area contributed by atoms with E-state index in [0.717, 1.165) is 21.3 Å². The van der Waals surface area contributed by atoms with Gasteiger partial charge in [-0.3, -0.25) is 9.78 Å². The van der Waals surface area contributed by atoms with Gasteiger partial charge in [-0.2, -0.15) is 0 Å². The third kappa shape index (κ3) is 4.52. The molecular formula is C22H17BrN4O2. The van der Waals surface area contributed by atoms with Crippen molar-refractivity contribution in [1.82, 2.24) is 9.97 Å². The minimum Gasteiger partial charge on any atom is -0.423 e. The van der Waals surface area contributed by atoms with Gasteiger partial charge in [-0.05, 0) is 55.0 Å². The van der Waals surface area contributed by atoms with E-state index in [2.05, 4.69) is 36.5 Å². The van der Waals surface area contributed by atoms with E-state index in [0.29, 0.717) is 23.0 Å². The average Bonchev–Trinajstić information content (AvgIpc) is 3.20. The fraction of sp³-hybridized carbons (Fsp3) is 0.0455. The van der Waals surface area contributed by atoms with Crippen LogP contribution in [0.15, 0.2) is 82.1 Å². The number of nitrogens with one attached hydrogen (secondary N) is 2. The zero-order valence-corrected chi connectivity index (χ0v) is 17.1. The molecule has 2 N–H and O–H groups in total. The van der Waals surface area contributed by atoms with E-state index in [1.165, 1.54) is 0 Å². The van der Waals surface area contributed by atoms with Crippen molar-refractivity contribution in [3.8, 4) is 11.3 Å². The molecule has 2 aromatic carbocycles. The van der Waals surface area contributed by atoms with Gasteiger partial charge in [0.25, 0.3) is 11.9 Å². The summed E-state index contributed by atoms with van der Waals surface area (Å²) in [6.45, 7) is 1.97. The molecule has 0 atom stereocenters. The van der Waals surface area contributed by atoms with Crippen molar-refractivity contribution in [3.05, 3.63) is 88.8 Å². The highest BCUT2D eigenvalue weighted by atomic mass is 79.9. The van der Waals surface area contributed by atoms with Crippen molar-refractivity contribution in [2.24, 2.45) is 0 Å². The van der Waals surface area contributed by atoms with E-state index in [1.807, 2.05) is 49.4 Å². The van der Waals surface area contributed by atoms with E-state index >= 15 is 0 Å².